The molecule has 0 N–H and O–H groups in total. The number of benzene rings is 3. The van der Waals surface area contributed by atoms with E-state index in [0.717, 1.165) is 53.1 Å². The predicted octanol–water partition coefficient (Wildman–Crippen LogP) is 7.21. The highest BCUT2D eigenvalue weighted by Crippen LogP contribution is 2.32. The van der Waals surface area contributed by atoms with E-state index in [1.54, 1.807) is 6.07 Å². The maximum Gasteiger partial charge on any atom is 0.142 e. The van der Waals surface area contributed by atoms with Crippen molar-refractivity contribution in [3.63, 3.8) is 0 Å². The van der Waals surface area contributed by atoms with Gasteiger partial charge in [-0.1, -0.05) is 59.6 Å². The highest BCUT2D eigenvalue weighted by Gasteiger charge is 2.15. The van der Waals surface area contributed by atoms with Crippen LogP contribution in [-0.2, 0) is 13.0 Å². The lowest BCUT2D eigenvalue weighted by Crippen LogP contribution is -2.07. The zero-order valence-electron chi connectivity index (χ0n) is 16.5. The molecule has 3 aromatic carbocycles. The molecular formula is C25H22Cl2N2O. The van der Waals surface area contributed by atoms with Gasteiger partial charge in [-0.15, -0.1) is 6.58 Å². The lowest BCUT2D eigenvalue weighted by atomic mass is 10.1. The second kappa shape index (κ2) is 9.38. The molecule has 30 heavy (non-hydrogen) atoms. The molecule has 152 valence electrons. The molecule has 5 heteroatoms. The standard InChI is InChI=1S/C25H22Cl2N2O/c1-2-8-18-9-3-6-12-24(18)30-16-7-15-29-23-11-5-4-10-22(23)28-25(29)20-14-13-19(26)17-21(20)27/h2-6,9-14,17H,1,7-8,15-16H2. The molecule has 0 fully saturated rings. The Morgan fingerprint density at radius 1 is 1.00 bits per heavy atom. The molecule has 4 aromatic rings. The fourth-order valence-electron chi connectivity index (χ4n) is 3.55. The van der Waals surface area contributed by atoms with Crippen LogP contribution in [0.3, 0.4) is 0 Å². The third kappa shape index (κ3) is 4.38. The lowest BCUT2D eigenvalue weighted by Gasteiger charge is -2.13. The molecular weight excluding hydrogens is 415 g/mol. The maximum absolute atomic E-state index is 6.48. The van der Waals surface area contributed by atoms with Crippen molar-refractivity contribution in [2.24, 2.45) is 0 Å². The van der Waals surface area contributed by atoms with E-state index in [4.69, 9.17) is 32.9 Å². The first-order chi connectivity index (χ1) is 14.7. The van der Waals surface area contributed by atoms with Gasteiger partial charge in [0.2, 0.25) is 0 Å². The molecule has 0 atom stereocenters. The van der Waals surface area contributed by atoms with Crippen molar-refractivity contribution in [1.29, 1.82) is 0 Å². The average Bonchev–Trinajstić information content (AvgIpc) is 3.11. The van der Waals surface area contributed by atoms with Crippen molar-refractivity contribution in [2.45, 2.75) is 19.4 Å². The Morgan fingerprint density at radius 3 is 2.63 bits per heavy atom. The maximum atomic E-state index is 6.48. The van der Waals surface area contributed by atoms with Gasteiger partial charge in [0, 0.05) is 17.1 Å². The molecule has 0 unspecified atom stereocenters. The number of nitrogens with zero attached hydrogens (tertiary/aromatic N) is 2. The summed E-state index contributed by atoms with van der Waals surface area (Å²) < 4.78 is 8.26. The van der Waals surface area contributed by atoms with Gasteiger partial charge in [0.05, 0.1) is 22.7 Å². The zero-order valence-corrected chi connectivity index (χ0v) is 18.0. The number of aryl methyl sites for hydroxylation is 1. The second-order valence-corrected chi connectivity index (χ2v) is 7.85. The summed E-state index contributed by atoms with van der Waals surface area (Å²) >= 11 is 12.6. The van der Waals surface area contributed by atoms with Gasteiger partial charge < -0.3 is 9.30 Å². The van der Waals surface area contributed by atoms with Crippen LogP contribution in [0.5, 0.6) is 5.75 Å². The molecule has 0 aliphatic carbocycles. The fraction of sp³-hybridized carbons (Fsp3) is 0.160. The van der Waals surface area contributed by atoms with Gasteiger partial charge in [-0.2, -0.15) is 0 Å². The van der Waals surface area contributed by atoms with Crippen LogP contribution >= 0.6 is 23.2 Å². The summed E-state index contributed by atoms with van der Waals surface area (Å²) in [6, 6.07) is 21.7. The van der Waals surface area contributed by atoms with Gasteiger partial charge in [-0.3, -0.25) is 0 Å². The summed E-state index contributed by atoms with van der Waals surface area (Å²) in [6.07, 6.45) is 3.52. The van der Waals surface area contributed by atoms with E-state index in [0.29, 0.717) is 16.7 Å². The van der Waals surface area contributed by atoms with E-state index in [1.807, 2.05) is 54.6 Å². The van der Waals surface area contributed by atoms with Crippen molar-refractivity contribution in [2.75, 3.05) is 6.61 Å². The molecule has 0 saturated heterocycles. The molecule has 0 aliphatic rings. The molecule has 0 amide bonds. The number of allylic oxidation sites excluding steroid dienone is 1. The molecule has 0 saturated carbocycles. The van der Waals surface area contributed by atoms with Crippen molar-refractivity contribution in [3.05, 3.63) is 95.0 Å². The summed E-state index contributed by atoms with van der Waals surface area (Å²) in [6.45, 7) is 5.19. The number of fused-ring (bicyclic) bond motifs is 1. The Bertz CT molecular complexity index is 1180. The van der Waals surface area contributed by atoms with Crippen LogP contribution in [0.15, 0.2) is 79.4 Å². The van der Waals surface area contributed by atoms with Gasteiger partial charge in [-0.05, 0) is 54.8 Å². The molecule has 0 spiro atoms. The van der Waals surface area contributed by atoms with Gasteiger partial charge in [0.15, 0.2) is 0 Å². The minimum absolute atomic E-state index is 0.591. The van der Waals surface area contributed by atoms with Gasteiger partial charge in [0.1, 0.15) is 11.6 Å². The lowest BCUT2D eigenvalue weighted by molar-refractivity contribution is 0.300. The SMILES string of the molecule is C=CCc1ccccc1OCCCn1c(-c2ccc(Cl)cc2Cl)nc2ccccc21. The molecule has 3 nitrogen and oxygen atoms in total. The summed E-state index contributed by atoms with van der Waals surface area (Å²) in [5.41, 5.74) is 4.03. The molecule has 4 rings (SSSR count). The summed E-state index contributed by atoms with van der Waals surface area (Å²) in [7, 11) is 0. The first kappa shape index (κ1) is 20.5. The largest absolute Gasteiger partial charge is 0.493 e. The van der Waals surface area contributed by atoms with Crippen LogP contribution in [0.1, 0.15) is 12.0 Å². The number of para-hydroxylation sites is 3. The number of ether oxygens (including phenoxy) is 1. The molecule has 1 aromatic heterocycles. The van der Waals surface area contributed by atoms with Crippen LogP contribution in [-0.4, -0.2) is 16.2 Å². The van der Waals surface area contributed by atoms with E-state index >= 15 is 0 Å². The molecule has 0 bridgehead atoms. The number of hydrogen-bond acceptors (Lipinski definition) is 2. The van der Waals surface area contributed by atoms with Crippen LogP contribution < -0.4 is 4.74 Å². The molecule has 0 radical (unpaired) electrons. The average molecular weight is 437 g/mol. The van der Waals surface area contributed by atoms with Crippen LogP contribution in [0.25, 0.3) is 22.4 Å². The molecule has 1 heterocycles. The van der Waals surface area contributed by atoms with Crippen LogP contribution in [0.2, 0.25) is 10.0 Å². The normalized spacial score (nSPS) is 11.0. The monoisotopic (exact) mass is 436 g/mol. The van der Waals surface area contributed by atoms with E-state index in [9.17, 15) is 0 Å². The number of imidazole rings is 1. The minimum Gasteiger partial charge on any atom is -0.493 e. The Labute approximate surface area is 186 Å². The fourth-order valence-corrected chi connectivity index (χ4v) is 4.04. The van der Waals surface area contributed by atoms with E-state index < -0.39 is 0 Å². The number of aromatic nitrogens is 2. The Balaban J connectivity index is 1.56. The van der Waals surface area contributed by atoms with E-state index in [1.165, 1.54) is 0 Å². The topological polar surface area (TPSA) is 27.1 Å². The number of rotatable bonds is 8. The van der Waals surface area contributed by atoms with Gasteiger partial charge >= 0.3 is 0 Å². The van der Waals surface area contributed by atoms with Crippen molar-refractivity contribution >= 4 is 34.2 Å². The molecule has 0 aliphatic heterocycles. The highest BCUT2D eigenvalue weighted by molar-refractivity contribution is 6.36. The van der Waals surface area contributed by atoms with E-state index in [2.05, 4.69) is 23.3 Å². The number of hydrogen-bond donors (Lipinski definition) is 0. The van der Waals surface area contributed by atoms with Crippen molar-refractivity contribution < 1.29 is 4.74 Å². The van der Waals surface area contributed by atoms with E-state index in [-0.39, 0.29) is 0 Å². The quantitative estimate of drug-likeness (QED) is 0.215. The van der Waals surface area contributed by atoms with Crippen LogP contribution in [0, 0.1) is 0 Å². The number of halogens is 2. The van der Waals surface area contributed by atoms with Crippen molar-refractivity contribution in [1.82, 2.24) is 9.55 Å². The predicted molar refractivity (Wildman–Crippen MR) is 126 cm³/mol. The minimum atomic E-state index is 0.591. The highest BCUT2D eigenvalue weighted by atomic mass is 35.5. The van der Waals surface area contributed by atoms with Gasteiger partial charge in [-0.25, -0.2) is 4.98 Å². The van der Waals surface area contributed by atoms with Gasteiger partial charge in [0.25, 0.3) is 0 Å². The first-order valence-electron chi connectivity index (χ1n) is 9.89. The summed E-state index contributed by atoms with van der Waals surface area (Å²) in [5, 5.41) is 1.20. The second-order valence-electron chi connectivity index (χ2n) is 7.00. The summed E-state index contributed by atoms with van der Waals surface area (Å²) in [5.74, 6) is 1.75. The Morgan fingerprint density at radius 2 is 1.80 bits per heavy atom. The summed E-state index contributed by atoms with van der Waals surface area (Å²) in [4.78, 5) is 4.83. The first-order valence-corrected chi connectivity index (χ1v) is 10.7. The smallest absolute Gasteiger partial charge is 0.142 e. The van der Waals surface area contributed by atoms with Crippen LogP contribution in [0.4, 0.5) is 0 Å². The van der Waals surface area contributed by atoms with Crippen molar-refractivity contribution in [3.8, 4) is 17.1 Å². The third-order valence-electron chi connectivity index (χ3n) is 4.95. The Kier molecular flexibility index (Phi) is 6.41. The zero-order chi connectivity index (χ0) is 20.9. The Hall–Kier alpha value is -2.75. The third-order valence-corrected chi connectivity index (χ3v) is 5.49.